The SMILES string of the molecule is Cc1noc(-c2ccc(-c3ccc(C4(C(=O)O)CC4)cc3)cc2)c1C(O)C(F)(F)/C=C/c1ccc(C(F)(F)F)cc1. The largest absolute Gasteiger partial charge is 0.481 e. The zero-order valence-electron chi connectivity index (χ0n) is 21.6. The van der Waals surface area contributed by atoms with Crippen LogP contribution in [0.15, 0.2) is 83.4 Å². The average molecular weight is 570 g/mol. The summed E-state index contributed by atoms with van der Waals surface area (Å²) in [5.74, 6) is -4.68. The predicted molar refractivity (Wildman–Crippen MR) is 141 cm³/mol. The molecule has 212 valence electrons. The number of rotatable bonds is 8. The molecule has 1 unspecified atom stereocenters. The number of halogens is 5. The summed E-state index contributed by atoms with van der Waals surface area (Å²) in [5, 5.41) is 23.9. The van der Waals surface area contributed by atoms with Crippen LogP contribution in [0.25, 0.3) is 28.5 Å². The highest BCUT2D eigenvalue weighted by Gasteiger charge is 2.51. The van der Waals surface area contributed by atoms with Crippen LogP contribution in [0.1, 0.15) is 46.9 Å². The fourth-order valence-corrected chi connectivity index (χ4v) is 4.73. The number of aliphatic carboxylic acids is 1. The van der Waals surface area contributed by atoms with Crippen molar-refractivity contribution in [3.05, 3.63) is 107 Å². The Balaban J connectivity index is 1.35. The smallest absolute Gasteiger partial charge is 0.416 e. The van der Waals surface area contributed by atoms with Gasteiger partial charge in [-0.15, -0.1) is 0 Å². The Bertz CT molecular complexity index is 1580. The fourth-order valence-electron chi connectivity index (χ4n) is 4.73. The molecule has 0 saturated heterocycles. The Labute approximate surface area is 231 Å². The molecule has 5 rings (SSSR count). The molecule has 2 N–H and O–H groups in total. The van der Waals surface area contributed by atoms with E-state index in [1.165, 1.54) is 6.92 Å². The molecule has 1 aromatic heterocycles. The van der Waals surface area contributed by atoms with E-state index >= 15 is 8.78 Å². The lowest BCUT2D eigenvalue weighted by Gasteiger charge is -2.20. The zero-order valence-corrected chi connectivity index (χ0v) is 21.6. The van der Waals surface area contributed by atoms with Gasteiger partial charge in [0.25, 0.3) is 5.92 Å². The highest BCUT2D eigenvalue weighted by atomic mass is 19.4. The van der Waals surface area contributed by atoms with Crippen LogP contribution in [-0.2, 0) is 16.4 Å². The van der Waals surface area contributed by atoms with Gasteiger partial charge in [-0.05, 0) is 60.2 Å². The molecule has 1 heterocycles. The van der Waals surface area contributed by atoms with E-state index in [1.807, 2.05) is 12.1 Å². The maximum Gasteiger partial charge on any atom is 0.416 e. The quantitative estimate of drug-likeness (QED) is 0.211. The molecule has 0 amide bonds. The molecule has 0 aliphatic heterocycles. The summed E-state index contributed by atoms with van der Waals surface area (Å²) >= 11 is 0. The number of aromatic nitrogens is 1. The van der Waals surface area contributed by atoms with Gasteiger partial charge in [0.15, 0.2) is 11.9 Å². The van der Waals surface area contributed by atoms with E-state index in [1.54, 1.807) is 36.4 Å². The predicted octanol–water partition coefficient (Wildman–Crippen LogP) is 7.83. The first-order valence-electron chi connectivity index (χ1n) is 12.7. The van der Waals surface area contributed by atoms with E-state index in [0.29, 0.717) is 24.5 Å². The van der Waals surface area contributed by atoms with Crippen molar-refractivity contribution in [1.29, 1.82) is 0 Å². The van der Waals surface area contributed by atoms with Gasteiger partial charge < -0.3 is 14.7 Å². The summed E-state index contributed by atoms with van der Waals surface area (Å²) in [5.41, 5.74) is 0.998. The number of alkyl halides is 5. The van der Waals surface area contributed by atoms with Crippen LogP contribution in [-0.4, -0.2) is 27.3 Å². The third kappa shape index (κ3) is 5.52. The summed E-state index contributed by atoms with van der Waals surface area (Å²) in [6.45, 7) is 1.42. The first-order chi connectivity index (χ1) is 19.3. The lowest BCUT2D eigenvalue weighted by atomic mass is 9.93. The maximum absolute atomic E-state index is 15.0. The van der Waals surface area contributed by atoms with Crippen LogP contribution in [0, 0.1) is 6.92 Å². The molecule has 1 saturated carbocycles. The third-order valence-corrected chi connectivity index (χ3v) is 7.36. The van der Waals surface area contributed by atoms with Gasteiger partial charge in [-0.2, -0.15) is 22.0 Å². The lowest BCUT2D eigenvalue weighted by molar-refractivity contribution is -0.140. The molecule has 10 heteroatoms. The van der Waals surface area contributed by atoms with Gasteiger partial charge in [0.1, 0.15) is 0 Å². The highest BCUT2D eigenvalue weighted by molar-refractivity contribution is 5.85. The number of benzene rings is 3. The highest BCUT2D eigenvalue weighted by Crippen LogP contribution is 2.48. The van der Waals surface area contributed by atoms with Crippen molar-refractivity contribution in [3.8, 4) is 22.5 Å². The molecule has 0 spiro atoms. The number of hydrogen-bond donors (Lipinski definition) is 2. The minimum Gasteiger partial charge on any atom is -0.481 e. The maximum atomic E-state index is 15.0. The summed E-state index contributed by atoms with van der Waals surface area (Å²) in [4.78, 5) is 11.6. The van der Waals surface area contributed by atoms with Crippen LogP contribution in [0.3, 0.4) is 0 Å². The fraction of sp³-hybridized carbons (Fsp3) is 0.226. The van der Waals surface area contributed by atoms with E-state index in [2.05, 4.69) is 5.16 Å². The zero-order chi connectivity index (χ0) is 29.6. The van der Waals surface area contributed by atoms with E-state index in [-0.39, 0.29) is 22.6 Å². The van der Waals surface area contributed by atoms with Crippen LogP contribution in [0.5, 0.6) is 0 Å². The minimum atomic E-state index is -4.55. The second-order valence-electron chi connectivity index (χ2n) is 10.1. The number of aryl methyl sites for hydroxylation is 1. The van der Waals surface area contributed by atoms with Crippen molar-refractivity contribution in [1.82, 2.24) is 5.16 Å². The molecule has 1 aliphatic carbocycles. The Kier molecular flexibility index (Phi) is 7.07. The Morgan fingerprint density at radius 3 is 1.95 bits per heavy atom. The number of hydrogen-bond acceptors (Lipinski definition) is 4. The van der Waals surface area contributed by atoms with Gasteiger partial charge in [-0.1, -0.05) is 71.9 Å². The number of aliphatic hydroxyl groups excluding tert-OH is 1. The van der Waals surface area contributed by atoms with Crippen molar-refractivity contribution in [3.63, 3.8) is 0 Å². The van der Waals surface area contributed by atoms with Crippen LogP contribution < -0.4 is 0 Å². The van der Waals surface area contributed by atoms with E-state index in [4.69, 9.17) is 4.52 Å². The normalized spacial score (nSPS) is 15.7. The van der Waals surface area contributed by atoms with E-state index < -0.39 is 35.2 Å². The Morgan fingerprint density at radius 2 is 1.44 bits per heavy atom. The number of carbonyl (C=O) groups is 1. The molecular formula is C31H24F5NO4. The number of carboxylic acids is 1. The van der Waals surface area contributed by atoms with Gasteiger partial charge >= 0.3 is 12.1 Å². The molecule has 5 nitrogen and oxygen atoms in total. The lowest BCUT2D eigenvalue weighted by Crippen LogP contribution is -2.24. The topological polar surface area (TPSA) is 83.6 Å². The van der Waals surface area contributed by atoms with Crippen molar-refractivity contribution in [2.45, 2.75) is 43.4 Å². The summed E-state index contributed by atoms with van der Waals surface area (Å²) in [6.07, 6.45) is -4.32. The van der Waals surface area contributed by atoms with Crippen LogP contribution in [0.4, 0.5) is 22.0 Å². The van der Waals surface area contributed by atoms with Crippen LogP contribution in [0.2, 0.25) is 0 Å². The number of carboxylic acid groups (broad SMARTS) is 1. The first-order valence-corrected chi connectivity index (χ1v) is 12.7. The van der Waals surface area contributed by atoms with E-state index in [9.17, 15) is 28.2 Å². The second-order valence-corrected chi connectivity index (χ2v) is 10.1. The first kappa shape index (κ1) is 28.2. The molecule has 0 bridgehead atoms. The van der Waals surface area contributed by atoms with Gasteiger partial charge in [0.2, 0.25) is 0 Å². The number of nitrogens with zero attached hydrogens (tertiary/aromatic N) is 1. The average Bonchev–Trinajstić information content (AvgIpc) is 3.68. The molecule has 4 aromatic rings. The van der Waals surface area contributed by atoms with Gasteiger partial charge in [-0.3, -0.25) is 4.79 Å². The molecule has 41 heavy (non-hydrogen) atoms. The minimum absolute atomic E-state index is 0.0448. The molecule has 1 aliphatic rings. The summed E-state index contributed by atoms with van der Waals surface area (Å²) in [7, 11) is 0. The third-order valence-electron chi connectivity index (χ3n) is 7.36. The molecule has 1 atom stereocenters. The van der Waals surface area contributed by atoms with Crippen LogP contribution >= 0.6 is 0 Å². The monoisotopic (exact) mass is 569 g/mol. The standard InChI is InChI=1S/C31H24F5NO4/c1-18-25(27(38)30(32,33)15-14-19-2-10-24(11-3-19)31(34,35)36)26(41-37-18)22-6-4-20(5-7-22)21-8-12-23(13-9-21)29(16-17-29)28(39)40/h2-15,27,38H,16-17H2,1H3,(H,39,40)/b15-14+. The summed E-state index contributed by atoms with van der Waals surface area (Å²) < 4.78 is 73.7. The van der Waals surface area contributed by atoms with Crippen molar-refractivity contribution in [2.75, 3.05) is 0 Å². The molecule has 0 radical (unpaired) electrons. The molecule has 1 fully saturated rings. The Morgan fingerprint density at radius 1 is 0.902 bits per heavy atom. The second kappa shape index (κ2) is 10.3. The van der Waals surface area contributed by atoms with Crippen molar-refractivity contribution in [2.24, 2.45) is 0 Å². The van der Waals surface area contributed by atoms with Crippen molar-refractivity contribution < 1.29 is 41.5 Å². The molecular weight excluding hydrogens is 545 g/mol. The van der Waals surface area contributed by atoms with Gasteiger partial charge in [0.05, 0.1) is 22.2 Å². The molecule has 3 aromatic carbocycles. The van der Waals surface area contributed by atoms with Crippen molar-refractivity contribution >= 4 is 12.0 Å². The van der Waals surface area contributed by atoms with Gasteiger partial charge in [-0.25, -0.2) is 0 Å². The Hall–Kier alpha value is -4.31. The summed E-state index contributed by atoms with van der Waals surface area (Å²) in [6, 6.07) is 17.7. The van der Waals surface area contributed by atoms with Gasteiger partial charge in [0, 0.05) is 5.56 Å². The number of aliphatic hydroxyl groups is 1. The van der Waals surface area contributed by atoms with E-state index in [0.717, 1.165) is 47.0 Å².